The summed E-state index contributed by atoms with van der Waals surface area (Å²) in [5, 5.41) is 11.6. The molecule has 0 aromatic carbocycles. The van der Waals surface area contributed by atoms with E-state index in [9.17, 15) is 5.11 Å². The molecule has 2 aliphatic rings. The Balaban J connectivity index is 1.34. The molecule has 1 N–H and O–H groups in total. The third-order valence-corrected chi connectivity index (χ3v) is 6.07. The van der Waals surface area contributed by atoms with Crippen LogP contribution in [0.5, 0.6) is 0 Å². The number of aliphatic hydroxyl groups is 1. The summed E-state index contributed by atoms with van der Waals surface area (Å²) in [6, 6.07) is 4.09. The lowest BCUT2D eigenvalue weighted by Gasteiger charge is -2.15. The fourth-order valence-electron chi connectivity index (χ4n) is 3.74. The van der Waals surface area contributed by atoms with Gasteiger partial charge in [0.25, 0.3) is 0 Å². The molecule has 0 amide bonds. The molecule has 0 aliphatic carbocycles. The van der Waals surface area contributed by atoms with E-state index < -0.39 is 0 Å². The Morgan fingerprint density at radius 1 is 1.17 bits per heavy atom. The van der Waals surface area contributed by atoms with Gasteiger partial charge in [-0.25, -0.2) is 4.98 Å². The summed E-state index contributed by atoms with van der Waals surface area (Å²) < 4.78 is 0. The molecule has 0 radical (unpaired) electrons. The van der Waals surface area contributed by atoms with Crippen LogP contribution in [0.15, 0.2) is 30.7 Å². The number of pyridine rings is 1. The van der Waals surface area contributed by atoms with Crippen LogP contribution in [-0.2, 0) is 13.0 Å². The fraction of sp³-hybridized carbons (Fsp3) is 0.556. The molecular formula is C18H24N4OS. The molecule has 24 heavy (non-hydrogen) atoms. The molecule has 2 fully saturated rings. The average Bonchev–Trinajstić information content (AvgIpc) is 3.31. The van der Waals surface area contributed by atoms with Crippen LogP contribution in [0.2, 0.25) is 0 Å². The molecule has 0 spiro atoms. The Bertz CT molecular complexity index is 656. The van der Waals surface area contributed by atoms with Crippen molar-refractivity contribution in [2.24, 2.45) is 5.92 Å². The number of β-amino-alcohol motifs (C(OH)–C–C–N with tert-alkyl or cyclic N) is 1. The third kappa shape index (κ3) is 3.61. The van der Waals surface area contributed by atoms with Crippen molar-refractivity contribution in [3.05, 3.63) is 41.2 Å². The van der Waals surface area contributed by atoms with E-state index in [1.54, 1.807) is 11.3 Å². The number of hydrogen-bond donors (Lipinski definition) is 1. The predicted molar refractivity (Wildman–Crippen MR) is 96.3 cm³/mol. The zero-order valence-corrected chi connectivity index (χ0v) is 14.7. The highest BCUT2D eigenvalue weighted by Crippen LogP contribution is 2.29. The quantitative estimate of drug-likeness (QED) is 0.901. The zero-order valence-electron chi connectivity index (χ0n) is 13.8. The number of anilines is 1. The minimum atomic E-state index is -0.246. The molecule has 0 bridgehead atoms. The van der Waals surface area contributed by atoms with E-state index in [1.807, 2.05) is 30.7 Å². The lowest BCUT2D eigenvalue weighted by atomic mass is 9.97. The maximum Gasteiger partial charge on any atom is 0.185 e. The van der Waals surface area contributed by atoms with Crippen LogP contribution in [-0.4, -0.2) is 52.3 Å². The van der Waals surface area contributed by atoms with Crippen molar-refractivity contribution >= 4 is 16.5 Å². The van der Waals surface area contributed by atoms with Gasteiger partial charge in [0.2, 0.25) is 0 Å². The Kier molecular flexibility index (Phi) is 4.78. The van der Waals surface area contributed by atoms with Gasteiger partial charge in [0, 0.05) is 62.1 Å². The average molecular weight is 344 g/mol. The van der Waals surface area contributed by atoms with E-state index in [0.717, 1.165) is 44.3 Å². The maximum absolute atomic E-state index is 10.4. The van der Waals surface area contributed by atoms with Crippen LogP contribution >= 0.6 is 11.3 Å². The first-order chi connectivity index (χ1) is 11.8. The molecule has 2 saturated heterocycles. The molecule has 4 rings (SSSR count). The number of nitrogens with zero attached hydrogens (tertiary/aromatic N) is 4. The van der Waals surface area contributed by atoms with Crippen molar-refractivity contribution < 1.29 is 5.11 Å². The molecule has 5 nitrogen and oxygen atoms in total. The smallest absolute Gasteiger partial charge is 0.185 e. The molecule has 2 atom stereocenters. The second-order valence-corrected chi connectivity index (χ2v) is 7.98. The van der Waals surface area contributed by atoms with Gasteiger partial charge in [-0.05, 0) is 37.0 Å². The molecular weight excluding hydrogens is 320 g/mol. The van der Waals surface area contributed by atoms with Gasteiger partial charge < -0.3 is 10.0 Å². The Labute approximate surface area is 147 Å². The first kappa shape index (κ1) is 16.0. The monoisotopic (exact) mass is 344 g/mol. The second-order valence-electron chi connectivity index (χ2n) is 6.88. The highest BCUT2D eigenvalue weighted by Gasteiger charge is 2.31. The topological polar surface area (TPSA) is 52.5 Å². The normalized spacial score (nSPS) is 24.8. The fourth-order valence-corrected chi connectivity index (χ4v) is 4.74. The first-order valence-corrected chi connectivity index (χ1v) is 9.58. The lowest BCUT2D eigenvalue weighted by Crippen LogP contribution is -2.21. The van der Waals surface area contributed by atoms with E-state index in [2.05, 4.69) is 19.8 Å². The minimum Gasteiger partial charge on any atom is -0.391 e. The van der Waals surface area contributed by atoms with Crippen molar-refractivity contribution in [1.82, 2.24) is 14.9 Å². The Morgan fingerprint density at radius 2 is 1.96 bits per heavy atom. The highest BCUT2D eigenvalue weighted by atomic mass is 32.1. The SMILES string of the molecule is O[C@@H]1CN(Cc2cnc(N3CCCC3)s2)C[C@H]1Cc1ccncc1. The molecule has 128 valence electrons. The standard InChI is InChI=1S/C18H24N4OS/c23-17-13-21(11-15(17)9-14-3-5-19-6-4-14)12-16-10-20-18(24-16)22-7-1-2-8-22/h3-6,10,15,17,23H,1-2,7-9,11-13H2/t15-,17-/m1/s1. The molecule has 6 heteroatoms. The summed E-state index contributed by atoms with van der Waals surface area (Å²) in [6.07, 6.45) is 8.90. The van der Waals surface area contributed by atoms with Gasteiger partial charge >= 0.3 is 0 Å². The van der Waals surface area contributed by atoms with Crippen LogP contribution in [0, 0.1) is 5.92 Å². The third-order valence-electron chi connectivity index (χ3n) is 5.03. The van der Waals surface area contributed by atoms with Gasteiger partial charge in [-0.3, -0.25) is 9.88 Å². The van der Waals surface area contributed by atoms with Gasteiger partial charge in [0.1, 0.15) is 0 Å². The summed E-state index contributed by atoms with van der Waals surface area (Å²) in [5.74, 6) is 0.304. The zero-order chi connectivity index (χ0) is 16.4. The van der Waals surface area contributed by atoms with Gasteiger partial charge in [0.15, 0.2) is 5.13 Å². The molecule has 2 aromatic heterocycles. The van der Waals surface area contributed by atoms with E-state index in [-0.39, 0.29) is 6.10 Å². The summed E-state index contributed by atoms with van der Waals surface area (Å²) in [6.45, 7) is 4.88. The van der Waals surface area contributed by atoms with Crippen LogP contribution in [0.4, 0.5) is 5.13 Å². The van der Waals surface area contributed by atoms with Gasteiger partial charge in [-0.2, -0.15) is 0 Å². The Morgan fingerprint density at radius 3 is 2.75 bits per heavy atom. The number of aromatic nitrogens is 2. The van der Waals surface area contributed by atoms with E-state index in [0.29, 0.717) is 5.92 Å². The second kappa shape index (κ2) is 7.17. The maximum atomic E-state index is 10.4. The van der Waals surface area contributed by atoms with Gasteiger partial charge in [-0.1, -0.05) is 0 Å². The van der Waals surface area contributed by atoms with Crippen LogP contribution in [0.25, 0.3) is 0 Å². The lowest BCUT2D eigenvalue weighted by molar-refractivity contribution is 0.141. The van der Waals surface area contributed by atoms with Crippen molar-refractivity contribution in [2.75, 3.05) is 31.1 Å². The van der Waals surface area contributed by atoms with Gasteiger partial charge in [-0.15, -0.1) is 11.3 Å². The molecule has 0 unspecified atom stereocenters. The molecule has 2 aromatic rings. The van der Waals surface area contributed by atoms with E-state index in [4.69, 9.17) is 0 Å². The van der Waals surface area contributed by atoms with Crippen molar-refractivity contribution in [1.29, 1.82) is 0 Å². The van der Waals surface area contributed by atoms with E-state index in [1.165, 1.54) is 23.3 Å². The number of aliphatic hydroxyl groups excluding tert-OH is 1. The Hall–Kier alpha value is -1.50. The van der Waals surface area contributed by atoms with Crippen LogP contribution in [0.1, 0.15) is 23.3 Å². The number of hydrogen-bond acceptors (Lipinski definition) is 6. The van der Waals surface area contributed by atoms with Crippen LogP contribution in [0.3, 0.4) is 0 Å². The van der Waals surface area contributed by atoms with Gasteiger partial charge in [0.05, 0.1) is 6.10 Å². The number of thiazole rings is 1. The minimum absolute atomic E-state index is 0.246. The van der Waals surface area contributed by atoms with Crippen molar-refractivity contribution in [3.8, 4) is 0 Å². The molecule has 2 aliphatic heterocycles. The van der Waals surface area contributed by atoms with E-state index >= 15 is 0 Å². The van der Waals surface area contributed by atoms with Crippen molar-refractivity contribution in [2.45, 2.75) is 31.9 Å². The number of likely N-dealkylation sites (tertiary alicyclic amines) is 1. The molecule has 4 heterocycles. The van der Waals surface area contributed by atoms with Crippen molar-refractivity contribution in [3.63, 3.8) is 0 Å². The largest absolute Gasteiger partial charge is 0.391 e. The first-order valence-electron chi connectivity index (χ1n) is 8.77. The van der Waals surface area contributed by atoms with Crippen LogP contribution < -0.4 is 4.90 Å². The summed E-state index contributed by atoms with van der Waals surface area (Å²) in [7, 11) is 0. The summed E-state index contributed by atoms with van der Waals surface area (Å²) in [4.78, 5) is 14.7. The summed E-state index contributed by atoms with van der Waals surface area (Å²) in [5.41, 5.74) is 1.25. The molecule has 0 saturated carbocycles. The predicted octanol–water partition coefficient (Wildman–Crippen LogP) is 2.17. The highest BCUT2D eigenvalue weighted by molar-refractivity contribution is 7.15. The number of rotatable bonds is 5. The summed E-state index contributed by atoms with van der Waals surface area (Å²) >= 11 is 1.81.